The topological polar surface area (TPSA) is 49.7 Å². The molecule has 0 spiro atoms. The van der Waals surface area contributed by atoms with E-state index in [9.17, 15) is 9.90 Å². The maximum atomic E-state index is 10.9. The molecule has 18 heavy (non-hydrogen) atoms. The van der Waals surface area contributed by atoms with Crippen molar-refractivity contribution in [3.05, 3.63) is 45.4 Å². The van der Waals surface area contributed by atoms with Crippen molar-refractivity contribution in [2.24, 2.45) is 4.99 Å². The third kappa shape index (κ3) is 3.90. The normalized spacial score (nSPS) is 13.4. The molecule has 0 fully saturated rings. The largest absolute Gasteiger partial charge is 1.00 e. The number of hydrogen-bond acceptors (Lipinski definition) is 3. The van der Waals surface area contributed by atoms with E-state index in [1.165, 1.54) is 12.2 Å². The van der Waals surface area contributed by atoms with Crippen LogP contribution in [0.4, 0.5) is 5.69 Å². The van der Waals surface area contributed by atoms with E-state index in [1.54, 1.807) is 24.3 Å². The second-order valence-corrected chi connectivity index (χ2v) is 5.07. The second-order valence-electron chi connectivity index (χ2n) is 3.36. The molecule has 0 amide bonds. The maximum Gasteiger partial charge on any atom is 1.00 e. The number of halogens is 2. The third-order valence-electron chi connectivity index (χ3n) is 2.10. The number of rotatable bonds is 1. The molecule has 1 aliphatic rings. The Bertz CT molecular complexity index is 544. The zero-order valence-electron chi connectivity index (χ0n) is 10.5. The van der Waals surface area contributed by atoms with E-state index >= 15 is 0 Å². The molecule has 0 bridgehead atoms. The van der Waals surface area contributed by atoms with Gasteiger partial charge in [-0.15, -0.1) is 0 Å². The summed E-state index contributed by atoms with van der Waals surface area (Å²) in [5.41, 5.74) is 1.37. The molecule has 3 nitrogen and oxygen atoms in total. The predicted octanol–water partition coefficient (Wildman–Crippen LogP) is 0.801. The van der Waals surface area contributed by atoms with Crippen molar-refractivity contribution < 1.29 is 40.9 Å². The van der Waals surface area contributed by atoms with Gasteiger partial charge in [0.25, 0.3) is 0 Å². The Morgan fingerprint density at radius 3 is 2.06 bits per heavy atom. The molecule has 0 aliphatic heterocycles. The van der Waals surface area contributed by atoms with E-state index in [0.29, 0.717) is 20.3 Å². The predicted molar refractivity (Wildman–Crippen MR) is 75.0 cm³/mol. The molecular weight excluding hydrogens is 373 g/mol. The summed E-state index contributed by atoms with van der Waals surface area (Å²) in [6.07, 6.45) is 6.22. The Balaban J connectivity index is 0.00000162. The quantitative estimate of drug-likeness (QED) is 0.578. The van der Waals surface area contributed by atoms with Gasteiger partial charge in [0.1, 0.15) is 5.75 Å². The summed E-state index contributed by atoms with van der Waals surface area (Å²) < 4.78 is 1.12. The summed E-state index contributed by atoms with van der Waals surface area (Å²) >= 11 is 6.46. The van der Waals surface area contributed by atoms with Crippen molar-refractivity contribution >= 4 is 49.0 Å². The summed E-state index contributed by atoms with van der Waals surface area (Å²) in [5.74, 6) is 0.0934. The summed E-state index contributed by atoms with van der Waals surface area (Å²) in [6.45, 7) is 0. The van der Waals surface area contributed by atoms with Crippen molar-refractivity contribution in [3.63, 3.8) is 0 Å². The minimum absolute atomic E-state index is 0. The standard InChI is InChI=1S/C12H7Br2NO2.Na.H/c13-10-5-8(6-11(14)12(10)17)15-7-1-3-9(16)4-2-7;;/h1-6,17H;;/q;+1;-1. The van der Waals surface area contributed by atoms with Crippen molar-refractivity contribution in [1.29, 1.82) is 0 Å². The van der Waals surface area contributed by atoms with Crippen LogP contribution in [-0.2, 0) is 4.79 Å². The molecular formula is C12H8Br2NNaO2. The molecule has 0 radical (unpaired) electrons. The molecule has 0 heterocycles. The van der Waals surface area contributed by atoms with Gasteiger partial charge in [0.05, 0.1) is 20.3 Å². The van der Waals surface area contributed by atoms with Crippen molar-refractivity contribution in [2.45, 2.75) is 0 Å². The number of phenols is 1. The molecule has 0 unspecified atom stereocenters. The first-order valence-corrected chi connectivity index (χ1v) is 6.31. The van der Waals surface area contributed by atoms with Gasteiger partial charge in [-0.05, 0) is 68.3 Å². The van der Waals surface area contributed by atoms with Gasteiger partial charge in [0.2, 0.25) is 0 Å². The number of ketones is 1. The first-order chi connectivity index (χ1) is 8.06. The number of phenolic OH excluding ortho intramolecular Hbond substituents is 1. The number of aromatic hydroxyl groups is 1. The van der Waals surface area contributed by atoms with Crippen LogP contribution in [-0.4, -0.2) is 16.6 Å². The zero-order chi connectivity index (χ0) is 12.4. The molecule has 1 aliphatic carbocycles. The van der Waals surface area contributed by atoms with E-state index in [2.05, 4.69) is 36.9 Å². The number of carbonyl (C=O) groups excluding carboxylic acids is 1. The summed E-state index contributed by atoms with van der Waals surface area (Å²) in [7, 11) is 0. The van der Waals surface area contributed by atoms with Gasteiger partial charge in [-0.25, -0.2) is 4.99 Å². The average molecular weight is 381 g/mol. The average Bonchev–Trinajstić information content (AvgIpc) is 2.29. The molecule has 1 aromatic carbocycles. The molecule has 0 saturated carbocycles. The monoisotopic (exact) mass is 379 g/mol. The van der Waals surface area contributed by atoms with E-state index < -0.39 is 0 Å². The first-order valence-electron chi connectivity index (χ1n) is 4.73. The molecule has 2 rings (SSSR count). The van der Waals surface area contributed by atoms with Crippen molar-refractivity contribution in [3.8, 4) is 5.75 Å². The first kappa shape index (κ1) is 15.9. The van der Waals surface area contributed by atoms with Crippen LogP contribution in [0.15, 0.2) is 50.4 Å². The Kier molecular flexibility index (Phi) is 6.01. The fourth-order valence-corrected chi connectivity index (χ4v) is 2.45. The smallest absolute Gasteiger partial charge is 1.00 e. The second kappa shape index (κ2) is 6.82. The Morgan fingerprint density at radius 1 is 1.06 bits per heavy atom. The minimum Gasteiger partial charge on any atom is -1.00 e. The molecule has 1 aromatic rings. The van der Waals surface area contributed by atoms with Crippen LogP contribution in [0.25, 0.3) is 0 Å². The minimum atomic E-state index is -0.0444. The van der Waals surface area contributed by atoms with Crippen LogP contribution in [0.2, 0.25) is 0 Å². The summed E-state index contributed by atoms with van der Waals surface area (Å²) in [5, 5.41) is 9.56. The number of nitrogens with zero attached hydrogens (tertiary/aromatic N) is 1. The Hall–Kier alpha value is -0.200. The van der Waals surface area contributed by atoms with Crippen LogP contribution in [0.5, 0.6) is 5.75 Å². The van der Waals surface area contributed by atoms with Crippen LogP contribution < -0.4 is 29.6 Å². The van der Waals surface area contributed by atoms with E-state index in [1.807, 2.05) is 0 Å². The molecule has 1 N–H and O–H groups in total. The van der Waals surface area contributed by atoms with Gasteiger partial charge in [-0.2, -0.15) is 0 Å². The third-order valence-corrected chi connectivity index (χ3v) is 3.31. The Morgan fingerprint density at radius 2 is 1.56 bits per heavy atom. The van der Waals surface area contributed by atoms with Gasteiger partial charge >= 0.3 is 29.6 Å². The van der Waals surface area contributed by atoms with Crippen molar-refractivity contribution in [2.75, 3.05) is 0 Å². The van der Waals surface area contributed by atoms with Gasteiger partial charge in [0, 0.05) is 0 Å². The van der Waals surface area contributed by atoms with E-state index in [4.69, 9.17) is 0 Å². The number of carbonyl (C=O) groups is 1. The van der Waals surface area contributed by atoms with Crippen LogP contribution in [0, 0.1) is 0 Å². The zero-order valence-corrected chi connectivity index (χ0v) is 14.7. The number of hydrogen-bond donors (Lipinski definition) is 1. The molecule has 0 aromatic heterocycles. The Labute approximate surface area is 145 Å². The fraction of sp³-hybridized carbons (Fsp3) is 0. The SMILES string of the molecule is O=C1C=CC(=Nc2cc(Br)c(O)c(Br)c2)C=C1.[H-].[Na+]. The summed E-state index contributed by atoms with van der Waals surface area (Å²) in [6, 6.07) is 3.40. The van der Waals surface area contributed by atoms with E-state index in [0.717, 1.165) is 0 Å². The fourth-order valence-electron chi connectivity index (χ4n) is 1.29. The van der Waals surface area contributed by atoms with Gasteiger partial charge in [-0.1, -0.05) is 0 Å². The van der Waals surface area contributed by atoms with Crippen LogP contribution in [0.3, 0.4) is 0 Å². The number of benzene rings is 1. The molecule has 6 heteroatoms. The van der Waals surface area contributed by atoms with Gasteiger partial charge in [-0.3, -0.25) is 4.79 Å². The van der Waals surface area contributed by atoms with Crippen LogP contribution in [0.1, 0.15) is 1.43 Å². The molecule has 0 atom stereocenters. The van der Waals surface area contributed by atoms with Crippen LogP contribution >= 0.6 is 31.9 Å². The van der Waals surface area contributed by atoms with Gasteiger partial charge in [0.15, 0.2) is 5.78 Å². The maximum absolute atomic E-state index is 10.9. The van der Waals surface area contributed by atoms with Gasteiger partial charge < -0.3 is 6.53 Å². The molecule has 88 valence electrons. The molecule has 0 saturated heterocycles. The summed E-state index contributed by atoms with van der Waals surface area (Å²) in [4.78, 5) is 15.3. The number of allylic oxidation sites excluding steroid dienone is 4. The number of aliphatic imine (C=N–C) groups is 1. The van der Waals surface area contributed by atoms with Crippen molar-refractivity contribution in [1.82, 2.24) is 0 Å². The van der Waals surface area contributed by atoms with E-state index in [-0.39, 0.29) is 42.5 Å².